The van der Waals surface area contributed by atoms with Crippen LogP contribution in [0.2, 0.25) is 0 Å². The lowest BCUT2D eigenvalue weighted by Gasteiger charge is -2.16. The van der Waals surface area contributed by atoms with E-state index in [1.165, 1.54) is 40.5 Å². The first kappa shape index (κ1) is 34.0. The van der Waals surface area contributed by atoms with Crippen molar-refractivity contribution in [2.24, 2.45) is 0 Å². The van der Waals surface area contributed by atoms with Gasteiger partial charge in [0.15, 0.2) is 5.92 Å². The number of aryl methyl sites for hydroxylation is 1. The van der Waals surface area contributed by atoms with E-state index in [0.29, 0.717) is 4.47 Å². The van der Waals surface area contributed by atoms with Crippen LogP contribution in [0.3, 0.4) is 0 Å². The van der Waals surface area contributed by atoms with Crippen molar-refractivity contribution in [1.82, 2.24) is 18.6 Å². The first-order valence-electron chi connectivity index (χ1n) is 11.0. The zero-order valence-electron chi connectivity index (χ0n) is 21.9. The molecule has 0 fully saturated rings. The van der Waals surface area contributed by atoms with Crippen LogP contribution >= 0.6 is 31.9 Å². The molecule has 0 aliphatic heterocycles. The van der Waals surface area contributed by atoms with Crippen molar-refractivity contribution in [2.75, 3.05) is 41.4 Å². The molecular formula is C22H30Br2N4O8S2. The SMILES string of the molecule is CCOC(=O)C(C(=O)OCC)c1ncc(S(=O)(=O)N(C)C)cc1Br.Cc1ncc(S(=O)(=O)N(C)C)cc1Br. The summed E-state index contributed by atoms with van der Waals surface area (Å²) in [7, 11) is -1.32. The van der Waals surface area contributed by atoms with Crippen LogP contribution < -0.4 is 0 Å². The van der Waals surface area contributed by atoms with E-state index in [0.717, 1.165) is 20.5 Å². The average molecular weight is 702 g/mol. The number of nitrogens with zero attached hydrogens (tertiary/aromatic N) is 4. The highest BCUT2D eigenvalue weighted by atomic mass is 79.9. The second-order valence-electron chi connectivity index (χ2n) is 7.79. The monoisotopic (exact) mass is 700 g/mol. The largest absolute Gasteiger partial charge is 0.465 e. The molecule has 16 heteroatoms. The molecule has 0 aliphatic carbocycles. The normalized spacial score (nSPS) is 11.8. The van der Waals surface area contributed by atoms with E-state index in [2.05, 4.69) is 41.8 Å². The van der Waals surface area contributed by atoms with Gasteiger partial charge in [-0.15, -0.1) is 0 Å². The Morgan fingerprint density at radius 1 is 0.816 bits per heavy atom. The van der Waals surface area contributed by atoms with Crippen molar-refractivity contribution < 1.29 is 35.9 Å². The van der Waals surface area contributed by atoms with Crippen LogP contribution in [0.1, 0.15) is 31.2 Å². The van der Waals surface area contributed by atoms with Gasteiger partial charge in [0, 0.05) is 49.5 Å². The number of ether oxygens (including phenoxy) is 2. The molecule has 0 atom stereocenters. The van der Waals surface area contributed by atoms with Gasteiger partial charge >= 0.3 is 11.9 Å². The molecule has 0 unspecified atom stereocenters. The van der Waals surface area contributed by atoms with Crippen LogP contribution in [0.25, 0.3) is 0 Å². The quantitative estimate of drug-likeness (QED) is 0.282. The summed E-state index contributed by atoms with van der Waals surface area (Å²) in [5, 5.41) is 0. The topological polar surface area (TPSA) is 153 Å². The Hall–Kier alpha value is -1.98. The number of hydrogen-bond donors (Lipinski definition) is 0. The second-order valence-corrected chi connectivity index (χ2v) is 13.8. The van der Waals surface area contributed by atoms with Crippen LogP contribution in [0.15, 0.2) is 43.3 Å². The van der Waals surface area contributed by atoms with Crippen molar-refractivity contribution in [1.29, 1.82) is 0 Å². The number of sulfonamides is 2. The Morgan fingerprint density at radius 2 is 1.21 bits per heavy atom. The van der Waals surface area contributed by atoms with Crippen molar-refractivity contribution in [3.05, 3.63) is 44.9 Å². The fraction of sp³-hybridized carbons (Fsp3) is 0.455. The second kappa shape index (κ2) is 14.4. The van der Waals surface area contributed by atoms with Gasteiger partial charge in [-0.2, -0.15) is 0 Å². The van der Waals surface area contributed by atoms with E-state index in [4.69, 9.17) is 9.47 Å². The van der Waals surface area contributed by atoms with Crippen molar-refractivity contribution in [3.63, 3.8) is 0 Å². The van der Waals surface area contributed by atoms with E-state index in [1.807, 2.05) is 0 Å². The Balaban J connectivity index is 0.000000437. The maximum absolute atomic E-state index is 12.1. The summed E-state index contributed by atoms with van der Waals surface area (Å²) in [5.74, 6) is -3.02. The number of halogens is 2. The third-order valence-corrected chi connectivity index (χ3v) is 9.72. The van der Waals surface area contributed by atoms with Gasteiger partial charge in [0.1, 0.15) is 9.79 Å². The molecule has 0 aromatic carbocycles. The number of hydrogen-bond acceptors (Lipinski definition) is 10. The van der Waals surface area contributed by atoms with Crippen LogP contribution in [0, 0.1) is 6.92 Å². The molecule has 0 saturated heterocycles. The summed E-state index contributed by atoms with van der Waals surface area (Å²) in [6.07, 6.45) is 2.44. The maximum atomic E-state index is 12.1. The summed E-state index contributed by atoms with van der Waals surface area (Å²) in [5.41, 5.74) is 0.798. The highest BCUT2D eigenvalue weighted by Gasteiger charge is 2.35. The third kappa shape index (κ3) is 8.51. The van der Waals surface area contributed by atoms with Gasteiger partial charge in [0.2, 0.25) is 20.0 Å². The molecule has 2 aromatic heterocycles. The van der Waals surface area contributed by atoms with Crippen molar-refractivity contribution in [2.45, 2.75) is 36.5 Å². The van der Waals surface area contributed by atoms with Crippen LogP contribution in [0.5, 0.6) is 0 Å². The fourth-order valence-electron chi connectivity index (χ4n) is 2.61. The molecule has 0 aliphatic rings. The van der Waals surface area contributed by atoms with Gasteiger partial charge in [-0.1, -0.05) is 0 Å². The number of aromatic nitrogens is 2. The lowest BCUT2D eigenvalue weighted by molar-refractivity contribution is -0.157. The molecule has 0 bridgehead atoms. The molecule has 0 amide bonds. The molecule has 0 saturated carbocycles. The van der Waals surface area contributed by atoms with E-state index >= 15 is 0 Å². The van der Waals surface area contributed by atoms with Gasteiger partial charge in [-0.25, -0.2) is 25.4 Å². The van der Waals surface area contributed by atoms with Gasteiger partial charge in [0.05, 0.1) is 24.6 Å². The summed E-state index contributed by atoms with van der Waals surface area (Å²) >= 11 is 6.41. The standard InChI is InChI=1S/C14H19BrN2O6S.C8H11BrN2O2S/c1-5-22-13(18)11(14(19)23-6-2)12-10(15)7-9(8-16-12)24(20,21)17(3)4;1-6-8(9)4-7(5-10-6)14(12,13)11(2)3/h7-8,11H,5-6H2,1-4H3;4-5H,1-3H3. The van der Waals surface area contributed by atoms with Crippen molar-refractivity contribution >= 4 is 63.8 Å². The molecule has 2 heterocycles. The van der Waals surface area contributed by atoms with Gasteiger partial charge in [0.25, 0.3) is 0 Å². The smallest absolute Gasteiger partial charge is 0.326 e. The summed E-state index contributed by atoms with van der Waals surface area (Å²) < 4.78 is 60.4. The van der Waals surface area contributed by atoms with Crippen LogP contribution in [-0.2, 0) is 39.1 Å². The van der Waals surface area contributed by atoms with Gasteiger partial charge in [-0.05, 0) is 64.8 Å². The minimum atomic E-state index is -3.69. The average Bonchev–Trinajstić information content (AvgIpc) is 2.82. The zero-order chi connectivity index (χ0) is 29.4. The van der Waals surface area contributed by atoms with E-state index < -0.39 is 37.9 Å². The van der Waals surface area contributed by atoms with Gasteiger partial charge < -0.3 is 9.47 Å². The summed E-state index contributed by atoms with van der Waals surface area (Å²) in [6.45, 7) is 5.18. The molecule has 212 valence electrons. The van der Waals surface area contributed by atoms with E-state index in [9.17, 15) is 26.4 Å². The van der Waals surface area contributed by atoms with Gasteiger partial charge in [-0.3, -0.25) is 19.6 Å². The summed E-state index contributed by atoms with van der Waals surface area (Å²) in [6, 6.07) is 2.83. The first-order valence-corrected chi connectivity index (χ1v) is 15.4. The molecular weight excluding hydrogens is 672 g/mol. The van der Waals surface area contributed by atoms with E-state index in [-0.39, 0.29) is 33.2 Å². The van der Waals surface area contributed by atoms with E-state index in [1.54, 1.807) is 26.8 Å². The Morgan fingerprint density at radius 3 is 1.55 bits per heavy atom. The molecule has 0 N–H and O–H groups in total. The minimum absolute atomic E-state index is 0.0320. The first-order chi connectivity index (χ1) is 17.5. The molecule has 0 radical (unpaired) electrons. The zero-order valence-corrected chi connectivity index (χ0v) is 26.7. The fourth-order valence-corrected chi connectivity index (χ4v) is 5.59. The molecule has 12 nitrogen and oxygen atoms in total. The highest BCUT2D eigenvalue weighted by Crippen LogP contribution is 2.28. The third-order valence-electron chi connectivity index (χ3n) is 4.72. The Bertz CT molecular complexity index is 1350. The predicted octanol–water partition coefficient (Wildman–Crippen LogP) is 2.71. The minimum Gasteiger partial charge on any atom is -0.465 e. The molecule has 38 heavy (non-hydrogen) atoms. The molecule has 2 rings (SSSR count). The Labute approximate surface area is 240 Å². The maximum Gasteiger partial charge on any atom is 0.326 e. The molecule has 2 aromatic rings. The lowest BCUT2D eigenvalue weighted by atomic mass is 10.1. The number of rotatable bonds is 9. The van der Waals surface area contributed by atoms with Crippen molar-refractivity contribution in [3.8, 4) is 0 Å². The van der Waals surface area contributed by atoms with Crippen LogP contribution in [0.4, 0.5) is 0 Å². The Kier molecular flexibility index (Phi) is 12.9. The number of carbonyl (C=O) groups excluding carboxylic acids is 2. The summed E-state index contributed by atoms with van der Waals surface area (Å²) in [4.78, 5) is 32.3. The molecule has 0 spiro atoms. The lowest BCUT2D eigenvalue weighted by Crippen LogP contribution is -2.28. The highest BCUT2D eigenvalue weighted by molar-refractivity contribution is 9.10. The number of esters is 2. The predicted molar refractivity (Wildman–Crippen MR) is 146 cm³/mol. The number of pyridine rings is 2. The van der Waals surface area contributed by atoms with Crippen LogP contribution in [-0.4, -0.2) is 88.8 Å². The number of carbonyl (C=O) groups is 2.